The van der Waals surface area contributed by atoms with E-state index in [2.05, 4.69) is 43.5 Å². The number of rotatable bonds is 72. The minimum atomic E-state index is -1.66. The third-order valence-electron chi connectivity index (χ3n) is 19.8. The first-order valence-corrected chi connectivity index (χ1v) is 40.2. The number of nitrogens with one attached hydrogen (secondary N) is 1. The molecule has 0 radical (unpaired) electrons. The Balaban J connectivity index is 2.13. The molecular weight excluding hydrogens is 1130 g/mol. The Morgan fingerprint density at radius 1 is 0.385 bits per heavy atom. The summed E-state index contributed by atoms with van der Waals surface area (Å²) in [6.07, 6.45) is 77.2. The zero-order chi connectivity index (χ0) is 66.0. The van der Waals surface area contributed by atoms with E-state index in [1.165, 1.54) is 327 Å². The normalized spacial score (nSPS) is 18.5. The Hall–Kier alpha value is -1.41. The molecule has 1 saturated heterocycles. The fourth-order valence-corrected chi connectivity index (χ4v) is 13.4. The molecule has 1 heterocycles. The lowest BCUT2D eigenvalue weighted by atomic mass is 9.98. The van der Waals surface area contributed by atoms with Crippen molar-refractivity contribution in [1.82, 2.24) is 5.32 Å². The maximum absolute atomic E-state index is 13.3. The van der Waals surface area contributed by atoms with Crippen LogP contribution in [0.25, 0.3) is 0 Å². The van der Waals surface area contributed by atoms with Crippen molar-refractivity contribution in [1.29, 1.82) is 0 Å². The third-order valence-corrected chi connectivity index (χ3v) is 19.8. The molecule has 540 valence electrons. The number of allylic oxidation sites excluding steroid dienone is 4. The van der Waals surface area contributed by atoms with Gasteiger partial charge in [0.2, 0.25) is 5.91 Å². The largest absolute Gasteiger partial charge is 0.394 e. The van der Waals surface area contributed by atoms with Crippen LogP contribution in [0.2, 0.25) is 0 Å². The molecule has 8 N–H and O–H groups in total. The van der Waals surface area contributed by atoms with E-state index in [9.17, 15) is 40.5 Å². The average molecular weight is 1290 g/mol. The van der Waals surface area contributed by atoms with Crippen LogP contribution in [0.5, 0.6) is 0 Å². The molecule has 11 nitrogen and oxygen atoms in total. The molecule has 1 aliphatic heterocycles. The number of aliphatic hydroxyl groups excluding tert-OH is 7. The van der Waals surface area contributed by atoms with Crippen molar-refractivity contribution in [2.75, 3.05) is 13.2 Å². The Bertz CT molecular complexity index is 1530. The second-order valence-corrected chi connectivity index (χ2v) is 28.5. The van der Waals surface area contributed by atoms with Gasteiger partial charge >= 0.3 is 0 Å². The first kappa shape index (κ1) is 87.6. The van der Waals surface area contributed by atoms with Crippen molar-refractivity contribution >= 4 is 5.91 Å². The lowest BCUT2D eigenvalue weighted by molar-refractivity contribution is -0.303. The molecule has 0 aromatic heterocycles. The number of ether oxygens (including phenoxy) is 2. The highest BCUT2D eigenvalue weighted by Crippen LogP contribution is 2.25. The second kappa shape index (κ2) is 68.5. The van der Waals surface area contributed by atoms with Gasteiger partial charge in [-0.15, -0.1) is 0 Å². The molecule has 0 aromatic carbocycles. The molecule has 91 heavy (non-hydrogen) atoms. The van der Waals surface area contributed by atoms with E-state index in [1.54, 1.807) is 0 Å². The van der Waals surface area contributed by atoms with Gasteiger partial charge in [-0.3, -0.25) is 4.79 Å². The lowest BCUT2D eigenvalue weighted by Gasteiger charge is -2.40. The molecule has 0 saturated carbocycles. The predicted molar refractivity (Wildman–Crippen MR) is 386 cm³/mol. The number of carbonyl (C=O) groups is 1. The molecule has 0 aliphatic carbocycles. The van der Waals surface area contributed by atoms with Crippen molar-refractivity contribution in [3.05, 3.63) is 24.3 Å². The minimum absolute atomic E-state index is 0.263. The summed E-state index contributed by atoms with van der Waals surface area (Å²) in [6, 6.07) is -1.17. The maximum Gasteiger partial charge on any atom is 0.249 e. The highest BCUT2D eigenvalue weighted by atomic mass is 16.7. The SMILES string of the molecule is CCCCCCCCCCCCC/C=C\C/C=C\CCCCCCCCCCCCCCCCCCC(O)C(=O)NC(COC1OC(CO)C(O)C(O)C1O)C(O)C(O)CCCCCCCCCCCCCCCCCCCCCCCCCCCCCCCC. The minimum Gasteiger partial charge on any atom is -0.394 e. The summed E-state index contributed by atoms with van der Waals surface area (Å²) in [7, 11) is 0. The number of hydrogen-bond acceptors (Lipinski definition) is 10. The number of aliphatic hydroxyl groups is 7. The standard InChI is InChI=1S/C80H155NO10/c1-3-5-7-9-11-13-15-17-19-21-23-25-27-29-31-33-35-36-37-38-40-42-44-46-48-50-52-54-56-58-60-62-64-66-68-73(84)79(89)81-71(70-90-80-78(88)77(87)76(86)74(69-82)91-80)75(85)72(83)67-65-63-61-59-57-55-53-51-49-47-45-43-41-39-34-32-30-28-26-24-22-20-18-16-14-12-10-8-6-4-2/h27,29,33,35,71-78,80,82-88H,3-26,28,30-32,34,36-70H2,1-2H3,(H,81,89)/b29-27-,35-33-. The lowest BCUT2D eigenvalue weighted by Crippen LogP contribution is -2.60. The highest BCUT2D eigenvalue weighted by molar-refractivity contribution is 5.80. The number of carbonyl (C=O) groups excluding carboxylic acids is 1. The molecule has 1 rings (SSSR count). The molecule has 1 aliphatic rings. The summed E-state index contributed by atoms with van der Waals surface area (Å²) in [5, 5.41) is 76.8. The first-order valence-electron chi connectivity index (χ1n) is 40.2. The fraction of sp³-hybridized carbons (Fsp3) is 0.938. The van der Waals surface area contributed by atoms with E-state index < -0.39 is 74.2 Å². The van der Waals surface area contributed by atoms with Crippen molar-refractivity contribution in [3.8, 4) is 0 Å². The van der Waals surface area contributed by atoms with Crippen LogP contribution in [-0.2, 0) is 14.3 Å². The van der Waals surface area contributed by atoms with E-state index in [1.807, 2.05) is 0 Å². The number of unbranched alkanes of at least 4 members (excludes halogenated alkanes) is 56. The van der Waals surface area contributed by atoms with Crippen LogP contribution < -0.4 is 5.32 Å². The van der Waals surface area contributed by atoms with Crippen LogP contribution >= 0.6 is 0 Å². The molecule has 1 amide bonds. The van der Waals surface area contributed by atoms with E-state index >= 15 is 0 Å². The van der Waals surface area contributed by atoms with Crippen molar-refractivity contribution < 1.29 is 50.0 Å². The van der Waals surface area contributed by atoms with Gasteiger partial charge in [0.15, 0.2) is 6.29 Å². The van der Waals surface area contributed by atoms with E-state index in [4.69, 9.17) is 9.47 Å². The smallest absolute Gasteiger partial charge is 0.249 e. The summed E-state index contributed by atoms with van der Waals surface area (Å²) in [4.78, 5) is 13.3. The van der Waals surface area contributed by atoms with Crippen LogP contribution in [0, 0.1) is 0 Å². The van der Waals surface area contributed by atoms with Gasteiger partial charge in [0.05, 0.1) is 25.4 Å². The molecule has 0 aromatic rings. The van der Waals surface area contributed by atoms with E-state index in [0.717, 1.165) is 44.9 Å². The van der Waals surface area contributed by atoms with Gasteiger partial charge in [0.1, 0.15) is 36.6 Å². The molecule has 1 fully saturated rings. The average Bonchev–Trinajstić information content (AvgIpc) is 1.05. The van der Waals surface area contributed by atoms with E-state index in [0.29, 0.717) is 19.3 Å². The Morgan fingerprint density at radius 2 is 0.670 bits per heavy atom. The monoisotopic (exact) mass is 1290 g/mol. The fourth-order valence-electron chi connectivity index (χ4n) is 13.4. The van der Waals surface area contributed by atoms with E-state index in [-0.39, 0.29) is 6.42 Å². The molecule has 0 bridgehead atoms. The van der Waals surface area contributed by atoms with Gasteiger partial charge in [-0.1, -0.05) is 391 Å². The van der Waals surface area contributed by atoms with Gasteiger partial charge in [-0.2, -0.15) is 0 Å². The molecule has 0 spiro atoms. The first-order chi connectivity index (χ1) is 44.7. The molecular formula is C80H155NO10. The van der Waals surface area contributed by atoms with Crippen molar-refractivity contribution in [2.24, 2.45) is 0 Å². The molecule has 9 unspecified atom stereocenters. The predicted octanol–water partition coefficient (Wildman–Crippen LogP) is 20.7. The second-order valence-electron chi connectivity index (χ2n) is 28.5. The summed E-state index contributed by atoms with van der Waals surface area (Å²) in [6.45, 7) is 3.53. The van der Waals surface area contributed by atoms with Crippen LogP contribution in [0.15, 0.2) is 24.3 Å². The molecule has 9 atom stereocenters. The van der Waals surface area contributed by atoms with Crippen LogP contribution in [0.3, 0.4) is 0 Å². The zero-order valence-electron chi connectivity index (χ0n) is 60.1. The highest BCUT2D eigenvalue weighted by Gasteiger charge is 2.44. The van der Waals surface area contributed by atoms with Gasteiger partial charge in [-0.05, 0) is 44.9 Å². The Labute approximate surface area is 563 Å². The van der Waals surface area contributed by atoms with Gasteiger partial charge in [0, 0.05) is 0 Å². The zero-order valence-corrected chi connectivity index (χ0v) is 60.1. The third kappa shape index (κ3) is 55.3. The maximum atomic E-state index is 13.3. The van der Waals surface area contributed by atoms with Crippen LogP contribution in [0.1, 0.15) is 412 Å². The summed E-state index contributed by atoms with van der Waals surface area (Å²) in [5.41, 5.74) is 0. The number of amides is 1. The van der Waals surface area contributed by atoms with Gasteiger partial charge < -0.3 is 50.5 Å². The summed E-state index contributed by atoms with van der Waals surface area (Å²) in [5.74, 6) is -0.688. The van der Waals surface area contributed by atoms with Crippen molar-refractivity contribution in [2.45, 2.75) is 467 Å². The molecule has 11 heteroatoms. The van der Waals surface area contributed by atoms with Gasteiger partial charge in [0.25, 0.3) is 0 Å². The Morgan fingerprint density at radius 3 is 0.978 bits per heavy atom. The van der Waals surface area contributed by atoms with Crippen LogP contribution in [-0.4, -0.2) is 110 Å². The summed E-state index contributed by atoms with van der Waals surface area (Å²) >= 11 is 0. The number of hydrogen-bond donors (Lipinski definition) is 8. The Kier molecular flexibility index (Phi) is 66.0. The van der Waals surface area contributed by atoms with Crippen molar-refractivity contribution in [3.63, 3.8) is 0 Å². The van der Waals surface area contributed by atoms with Crippen LogP contribution in [0.4, 0.5) is 0 Å². The topological polar surface area (TPSA) is 189 Å². The summed E-state index contributed by atoms with van der Waals surface area (Å²) < 4.78 is 11.2. The quantitative estimate of drug-likeness (QED) is 0.0215. The van der Waals surface area contributed by atoms with Gasteiger partial charge in [-0.25, -0.2) is 0 Å².